The molecule has 8 heteroatoms. The zero-order valence-corrected chi connectivity index (χ0v) is 24.1. The third kappa shape index (κ3) is 6.70. The topological polar surface area (TPSA) is 64.0 Å². The smallest absolute Gasteiger partial charge is 0.410 e. The Labute approximate surface area is 223 Å². The number of fused-ring (bicyclic) bond motifs is 1. The summed E-state index contributed by atoms with van der Waals surface area (Å²) in [6.07, 6.45) is 3.28. The standard InChI is InChI=1S/C27H40IN3O4/c1-19(2)31(20-12-11-15-29(18-20)26(33)35-27(3,4)5)25(32)24-23(28)21-13-7-8-14-22(21)30(24)16-9-10-17-34-6/h7-8,13-14,19-20H,9-12,15-18H2,1-6H3/t20-/m1/s1. The highest BCUT2D eigenvalue weighted by molar-refractivity contribution is 14.1. The summed E-state index contributed by atoms with van der Waals surface area (Å²) < 4.78 is 14.0. The van der Waals surface area contributed by atoms with Gasteiger partial charge in [-0.1, -0.05) is 18.2 Å². The second-order valence-electron chi connectivity index (χ2n) is 10.6. The van der Waals surface area contributed by atoms with Crippen LogP contribution in [0.25, 0.3) is 10.9 Å². The van der Waals surface area contributed by atoms with E-state index < -0.39 is 5.60 Å². The van der Waals surface area contributed by atoms with Crippen LogP contribution in [0.15, 0.2) is 24.3 Å². The van der Waals surface area contributed by atoms with E-state index in [0.29, 0.717) is 19.7 Å². The molecule has 0 radical (unpaired) electrons. The summed E-state index contributed by atoms with van der Waals surface area (Å²) in [7, 11) is 1.72. The molecule has 3 rings (SSSR count). The first-order chi connectivity index (χ1) is 16.5. The molecule has 35 heavy (non-hydrogen) atoms. The number of piperidine rings is 1. The fourth-order valence-corrected chi connectivity index (χ4v) is 5.82. The maximum Gasteiger partial charge on any atom is 0.410 e. The zero-order chi connectivity index (χ0) is 25.8. The molecule has 0 unspecified atom stereocenters. The highest BCUT2D eigenvalue weighted by Gasteiger charge is 2.36. The fraction of sp³-hybridized carbons (Fsp3) is 0.630. The fourth-order valence-electron chi connectivity index (χ4n) is 4.84. The van der Waals surface area contributed by atoms with Crippen molar-refractivity contribution in [3.05, 3.63) is 33.5 Å². The number of methoxy groups -OCH3 is 1. The maximum atomic E-state index is 14.2. The van der Waals surface area contributed by atoms with Crippen LogP contribution in [0, 0.1) is 3.57 Å². The number of unbranched alkanes of at least 4 members (excludes halogenated alkanes) is 1. The number of para-hydroxylation sites is 1. The third-order valence-corrected chi connectivity index (χ3v) is 7.42. The van der Waals surface area contributed by atoms with Crippen LogP contribution in [0.1, 0.15) is 70.8 Å². The predicted molar refractivity (Wildman–Crippen MR) is 148 cm³/mol. The number of rotatable bonds is 8. The number of nitrogens with zero attached hydrogens (tertiary/aromatic N) is 3. The van der Waals surface area contributed by atoms with Crippen LogP contribution in [0.4, 0.5) is 4.79 Å². The third-order valence-electron chi connectivity index (χ3n) is 6.32. The van der Waals surface area contributed by atoms with Crippen molar-refractivity contribution in [2.24, 2.45) is 0 Å². The Bertz CT molecular complexity index is 1030. The number of aromatic nitrogens is 1. The molecular weight excluding hydrogens is 557 g/mol. The van der Waals surface area contributed by atoms with Gasteiger partial charge < -0.3 is 23.8 Å². The van der Waals surface area contributed by atoms with Crippen LogP contribution in [-0.2, 0) is 16.0 Å². The van der Waals surface area contributed by atoms with Crippen molar-refractivity contribution < 1.29 is 19.1 Å². The minimum Gasteiger partial charge on any atom is -0.444 e. The normalized spacial score (nSPS) is 16.7. The van der Waals surface area contributed by atoms with E-state index >= 15 is 0 Å². The molecule has 2 heterocycles. The van der Waals surface area contributed by atoms with Crippen molar-refractivity contribution >= 4 is 45.5 Å². The lowest BCUT2D eigenvalue weighted by molar-refractivity contribution is 0.00731. The van der Waals surface area contributed by atoms with Gasteiger partial charge in [-0.15, -0.1) is 0 Å². The molecule has 1 aromatic heterocycles. The largest absolute Gasteiger partial charge is 0.444 e. The van der Waals surface area contributed by atoms with Crippen molar-refractivity contribution in [1.82, 2.24) is 14.4 Å². The number of halogens is 1. The van der Waals surface area contributed by atoms with Gasteiger partial charge in [-0.05, 0) is 89.0 Å². The van der Waals surface area contributed by atoms with Crippen LogP contribution >= 0.6 is 22.6 Å². The van der Waals surface area contributed by atoms with E-state index in [1.165, 1.54) is 0 Å². The van der Waals surface area contributed by atoms with Gasteiger partial charge in [0.05, 0.1) is 9.61 Å². The molecule has 0 spiro atoms. The number of likely N-dealkylation sites (tertiary alicyclic amines) is 1. The van der Waals surface area contributed by atoms with Gasteiger partial charge in [0.2, 0.25) is 0 Å². The van der Waals surface area contributed by atoms with Gasteiger partial charge in [0.1, 0.15) is 11.3 Å². The van der Waals surface area contributed by atoms with Crippen molar-refractivity contribution in [2.75, 3.05) is 26.8 Å². The lowest BCUT2D eigenvalue weighted by Gasteiger charge is -2.41. The van der Waals surface area contributed by atoms with Crippen LogP contribution in [0.5, 0.6) is 0 Å². The molecule has 1 aliphatic heterocycles. The molecule has 0 saturated carbocycles. The van der Waals surface area contributed by atoms with Gasteiger partial charge in [-0.3, -0.25) is 4.79 Å². The maximum absolute atomic E-state index is 14.2. The Balaban J connectivity index is 1.92. The average Bonchev–Trinajstić information content (AvgIpc) is 3.07. The average molecular weight is 598 g/mol. The van der Waals surface area contributed by atoms with Crippen molar-refractivity contribution in [3.8, 4) is 0 Å². The van der Waals surface area contributed by atoms with Gasteiger partial charge >= 0.3 is 6.09 Å². The molecule has 1 atom stereocenters. The minimum absolute atomic E-state index is 0.00170. The van der Waals surface area contributed by atoms with E-state index in [-0.39, 0.29) is 24.1 Å². The van der Waals surface area contributed by atoms with Crippen LogP contribution in [0.3, 0.4) is 0 Å². The molecule has 1 aliphatic rings. The summed E-state index contributed by atoms with van der Waals surface area (Å²) in [6.45, 7) is 12.4. The molecule has 0 N–H and O–H groups in total. The Morgan fingerprint density at radius 3 is 2.57 bits per heavy atom. The quantitative estimate of drug-likeness (QED) is 0.280. The monoisotopic (exact) mass is 597 g/mol. The molecule has 0 bridgehead atoms. The molecule has 7 nitrogen and oxygen atoms in total. The molecule has 1 fully saturated rings. The number of benzene rings is 1. The van der Waals surface area contributed by atoms with Gasteiger partial charge in [-0.25, -0.2) is 4.79 Å². The lowest BCUT2D eigenvalue weighted by Crippen LogP contribution is -2.54. The van der Waals surface area contributed by atoms with E-state index in [2.05, 4.69) is 53.1 Å². The second-order valence-corrected chi connectivity index (χ2v) is 11.6. The van der Waals surface area contributed by atoms with Crippen molar-refractivity contribution in [1.29, 1.82) is 0 Å². The summed E-state index contributed by atoms with van der Waals surface area (Å²) >= 11 is 2.32. The summed E-state index contributed by atoms with van der Waals surface area (Å²) in [4.78, 5) is 30.7. The van der Waals surface area contributed by atoms with Crippen LogP contribution in [0.2, 0.25) is 0 Å². The van der Waals surface area contributed by atoms with Gasteiger partial charge in [0, 0.05) is 50.3 Å². The summed E-state index contributed by atoms with van der Waals surface area (Å²) in [5, 5.41) is 1.10. The molecule has 2 amide bonds. The first-order valence-corrected chi connectivity index (χ1v) is 13.7. The van der Waals surface area contributed by atoms with Gasteiger partial charge in [-0.2, -0.15) is 0 Å². The van der Waals surface area contributed by atoms with Gasteiger partial charge in [0.15, 0.2) is 0 Å². The van der Waals surface area contributed by atoms with Crippen molar-refractivity contribution in [2.45, 2.75) is 84.5 Å². The number of hydrogen-bond donors (Lipinski definition) is 0. The molecular formula is C27H40IN3O4. The predicted octanol–water partition coefficient (Wildman–Crippen LogP) is 5.92. The van der Waals surface area contributed by atoms with Gasteiger partial charge in [0.25, 0.3) is 5.91 Å². The molecule has 1 saturated heterocycles. The van der Waals surface area contributed by atoms with Crippen molar-refractivity contribution in [3.63, 3.8) is 0 Å². The van der Waals surface area contributed by atoms with E-state index in [0.717, 1.165) is 52.4 Å². The number of carbonyl (C=O) groups is 2. The summed E-state index contributed by atoms with van der Waals surface area (Å²) in [5.74, 6) is 0.0309. The Hall–Kier alpha value is -1.81. The summed E-state index contributed by atoms with van der Waals surface area (Å²) in [6, 6.07) is 8.17. The molecule has 1 aromatic carbocycles. The first-order valence-electron chi connectivity index (χ1n) is 12.6. The molecule has 194 valence electrons. The number of ether oxygens (including phenoxy) is 2. The molecule has 0 aliphatic carbocycles. The lowest BCUT2D eigenvalue weighted by atomic mass is 10.0. The molecule has 2 aromatic rings. The Morgan fingerprint density at radius 2 is 1.91 bits per heavy atom. The van der Waals surface area contributed by atoms with Crippen LogP contribution < -0.4 is 0 Å². The number of carbonyl (C=O) groups excluding carboxylic acids is 2. The Kier molecular flexibility index (Phi) is 9.48. The highest BCUT2D eigenvalue weighted by atomic mass is 127. The Morgan fingerprint density at radius 1 is 1.20 bits per heavy atom. The zero-order valence-electron chi connectivity index (χ0n) is 22.0. The van der Waals surface area contributed by atoms with E-state index in [4.69, 9.17) is 9.47 Å². The highest BCUT2D eigenvalue weighted by Crippen LogP contribution is 2.31. The van der Waals surface area contributed by atoms with E-state index in [1.54, 1.807) is 12.0 Å². The van der Waals surface area contributed by atoms with E-state index in [9.17, 15) is 9.59 Å². The minimum atomic E-state index is -0.544. The number of aryl methyl sites for hydroxylation is 1. The number of hydrogen-bond acceptors (Lipinski definition) is 4. The summed E-state index contributed by atoms with van der Waals surface area (Å²) in [5.41, 5.74) is 1.28. The van der Waals surface area contributed by atoms with E-state index in [1.807, 2.05) is 37.8 Å². The first kappa shape index (κ1) is 27.8. The second kappa shape index (κ2) is 12.0. The number of amides is 2. The van der Waals surface area contributed by atoms with Crippen LogP contribution in [-0.4, -0.2) is 70.9 Å². The SMILES string of the molecule is COCCCCn1c(C(=O)N(C(C)C)[C@@H]2CCCN(C(=O)OC(C)(C)C)C2)c(I)c2ccccc21.